The summed E-state index contributed by atoms with van der Waals surface area (Å²) in [6.07, 6.45) is 5.69. The average molecular weight is 303 g/mol. The third-order valence-electron chi connectivity index (χ3n) is 2.56. The van der Waals surface area contributed by atoms with E-state index in [1.54, 1.807) is 6.20 Å². The normalized spacial score (nSPS) is 13.4. The van der Waals surface area contributed by atoms with Crippen LogP contribution in [0.2, 0.25) is 0 Å². The van der Waals surface area contributed by atoms with Crippen LogP contribution in [0.25, 0.3) is 5.57 Å². The lowest BCUT2D eigenvalue weighted by Crippen LogP contribution is -2.11. The zero-order valence-corrected chi connectivity index (χ0v) is 11.8. The molecule has 0 aliphatic heterocycles. The van der Waals surface area contributed by atoms with E-state index in [4.69, 9.17) is 5.73 Å². The Labute approximate surface area is 116 Å². The third kappa shape index (κ3) is 3.28. The summed E-state index contributed by atoms with van der Waals surface area (Å²) in [7, 11) is 0. The Morgan fingerprint density at radius 3 is 2.50 bits per heavy atom. The fraction of sp³-hybridized carbons (Fsp3) is 0.133. The molecule has 0 aliphatic rings. The molecule has 3 heteroatoms. The van der Waals surface area contributed by atoms with E-state index >= 15 is 0 Å². The van der Waals surface area contributed by atoms with E-state index in [0.717, 1.165) is 21.2 Å². The van der Waals surface area contributed by atoms with Crippen molar-refractivity contribution in [2.24, 2.45) is 5.73 Å². The molecule has 2 N–H and O–H groups in total. The largest absolute Gasteiger partial charge is 0.325 e. The molecule has 1 heterocycles. The van der Waals surface area contributed by atoms with Gasteiger partial charge in [0.1, 0.15) is 0 Å². The van der Waals surface area contributed by atoms with Crippen molar-refractivity contribution in [2.45, 2.75) is 13.0 Å². The summed E-state index contributed by atoms with van der Waals surface area (Å²) in [5.41, 5.74) is 9.23. The standard InChI is InChI=1S/C15H15BrN2/c1-11(17)9-15(13-3-2-8-18-10-13)12-4-6-14(16)7-5-12/h2-11H,17H2,1H3. The highest BCUT2D eigenvalue weighted by atomic mass is 79.9. The lowest BCUT2D eigenvalue weighted by atomic mass is 9.97. The monoisotopic (exact) mass is 302 g/mol. The summed E-state index contributed by atoms with van der Waals surface area (Å²) in [6.45, 7) is 1.97. The topological polar surface area (TPSA) is 38.9 Å². The minimum absolute atomic E-state index is 0.00357. The van der Waals surface area contributed by atoms with Gasteiger partial charge in [-0.2, -0.15) is 0 Å². The van der Waals surface area contributed by atoms with Crippen LogP contribution >= 0.6 is 15.9 Å². The van der Waals surface area contributed by atoms with E-state index in [1.807, 2.05) is 37.4 Å². The van der Waals surface area contributed by atoms with E-state index in [9.17, 15) is 0 Å². The number of rotatable bonds is 3. The first kappa shape index (κ1) is 13.0. The summed E-state index contributed by atoms with van der Waals surface area (Å²) in [5.74, 6) is 0. The molecule has 0 bridgehead atoms. The number of pyridine rings is 1. The zero-order valence-electron chi connectivity index (χ0n) is 10.2. The molecule has 1 unspecified atom stereocenters. The SMILES string of the molecule is CC(N)C=C(c1ccc(Br)cc1)c1cccnc1. The molecule has 2 nitrogen and oxygen atoms in total. The first-order chi connectivity index (χ1) is 8.66. The van der Waals surface area contributed by atoms with Crippen molar-refractivity contribution >= 4 is 21.5 Å². The van der Waals surface area contributed by atoms with Gasteiger partial charge in [-0.15, -0.1) is 0 Å². The second-order valence-corrected chi connectivity index (χ2v) is 5.10. The molecule has 0 aliphatic carbocycles. The highest BCUT2D eigenvalue weighted by Crippen LogP contribution is 2.24. The lowest BCUT2D eigenvalue weighted by molar-refractivity contribution is 0.927. The third-order valence-corrected chi connectivity index (χ3v) is 3.09. The molecule has 2 rings (SSSR count). The van der Waals surface area contributed by atoms with Crippen LogP contribution in [0.15, 0.2) is 59.3 Å². The molecule has 0 fully saturated rings. The maximum atomic E-state index is 5.89. The van der Waals surface area contributed by atoms with Crippen molar-refractivity contribution in [3.63, 3.8) is 0 Å². The van der Waals surface area contributed by atoms with Crippen LogP contribution in [-0.2, 0) is 0 Å². The Morgan fingerprint density at radius 1 is 1.22 bits per heavy atom. The second kappa shape index (κ2) is 5.94. The molecule has 0 saturated heterocycles. The molecule has 0 saturated carbocycles. The van der Waals surface area contributed by atoms with Crippen molar-refractivity contribution in [3.05, 3.63) is 70.5 Å². The number of hydrogen-bond donors (Lipinski definition) is 1. The predicted molar refractivity (Wildman–Crippen MR) is 79.1 cm³/mol. The number of halogens is 1. The van der Waals surface area contributed by atoms with Gasteiger partial charge >= 0.3 is 0 Å². The molecule has 92 valence electrons. The molecule has 0 spiro atoms. The first-order valence-electron chi connectivity index (χ1n) is 5.80. The van der Waals surface area contributed by atoms with Gasteiger partial charge in [-0.1, -0.05) is 40.2 Å². The Morgan fingerprint density at radius 2 is 1.94 bits per heavy atom. The second-order valence-electron chi connectivity index (χ2n) is 4.19. The van der Waals surface area contributed by atoms with Gasteiger partial charge in [-0.05, 0) is 36.3 Å². The van der Waals surface area contributed by atoms with E-state index in [2.05, 4.69) is 39.1 Å². The first-order valence-corrected chi connectivity index (χ1v) is 6.60. The number of hydrogen-bond acceptors (Lipinski definition) is 2. The average Bonchev–Trinajstić information content (AvgIpc) is 2.38. The highest BCUT2D eigenvalue weighted by molar-refractivity contribution is 9.10. The van der Waals surface area contributed by atoms with Gasteiger partial charge in [0.05, 0.1) is 0 Å². The lowest BCUT2D eigenvalue weighted by Gasteiger charge is -2.10. The minimum atomic E-state index is 0.00357. The summed E-state index contributed by atoms with van der Waals surface area (Å²) in [5, 5.41) is 0. The van der Waals surface area contributed by atoms with Gasteiger partial charge < -0.3 is 5.73 Å². The fourth-order valence-electron chi connectivity index (χ4n) is 1.77. The number of benzene rings is 1. The Kier molecular flexibility index (Phi) is 4.28. The smallest absolute Gasteiger partial charge is 0.0346 e. The summed E-state index contributed by atoms with van der Waals surface area (Å²) in [4.78, 5) is 4.17. The Hall–Kier alpha value is -1.45. The van der Waals surface area contributed by atoms with Crippen LogP contribution in [0.3, 0.4) is 0 Å². The van der Waals surface area contributed by atoms with Crippen LogP contribution in [0.1, 0.15) is 18.1 Å². The van der Waals surface area contributed by atoms with Crippen molar-refractivity contribution in [3.8, 4) is 0 Å². The molecule has 0 radical (unpaired) electrons. The summed E-state index contributed by atoms with van der Waals surface area (Å²) < 4.78 is 1.07. The number of aromatic nitrogens is 1. The highest BCUT2D eigenvalue weighted by Gasteiger charge is 2.06. The molecular weight excluding hydrogens is 288 g/mol. The zero-order chi connectivity index (χ0) is 13.0. The maximum Gasteiger partial charge on any atom is 0.0346 e. The van der Waals surface area contributed by atoms with E-state index in [-0.39, 0.29) is 6.04 Å². The van der Waals surface area contributed by atoms with Crippen LogP contribution in [0.5, 0.6) is 0 Å². The molecule has 0 amide bonds. The Balaban J connectivity index is 2.47. The van der Waals surface area contributed by atoms with E-state index < -0.39 is 0 Å². The van der Waals surface area contributed by atoms with E-state index in [1.165, 1.54) is 0 Å². The van der Waals surface area contributed by atoms with Crippen molar-refractivity contribution in [1.29, 1.82) is 0 Å². The summed E-state index contributed by atoms with van der Waals surface area (Å²) >= 11 is 3.45. The quantitative estimate of drug-likeness (QED) is 0.940. The minimum Gasteiger partial charge on any atom is -0.325 e. The fourth-order valence-corrected chi connectivity index (χ4v) is 2.04. The number of nitrogens with zero attached hydrogens (tertiary/aromatic N) is 1. The van der Waals surface area contributed by atoms with Crippen LogP contribution in [-0.4, -0.2) is 11.0 Å². The van der Waals surface area contributed by atoms with Gasteiger partial charge in [-0.3, -0.25) is 4.98 Å². The molecule has 2 aromatic rings. The van der Waals surface area contributed by atoms with Crippen molar-refractivity contribution < 1.29 is 0 Å². The Bertz CT molecular complexity index is 530. The van der Waals surface area contributed by atoms with Gasteiger partial charge in [0.25, 0.3) is 0 Å². The van der Waals surface area contributed by atoms with Crippen LogP contribution in [0.4, 0.5) is 0 Å². The molecule has 1 aromatic carbocycles. The van der Waals surface area contributed by atoms with Crippen molar-refractivity contribution in [1.82, 2.24) is 4.98 Å². The molecule has 18 heavy (non-hydrogen) atoms. The predicted octanol–water partition coefficient (Wildman–Crippen LogP) is 3.62. The van der Waals surface area contributed by atoms with Gasteiger partial charge in [0.2, 0.25) is 0 Å². The maximum absolute atomic E-state index is 5.89. The number of nitrogens with two attached hydrogens (primary N) is 1. The summed E-state index contributed by atoms with van der Waals surface area (Å²) in [6, 6.07) is 12.2. The van der Waals surface area contributed by atoms with Crippen LogP contribution in [0, 0.1) is 0 Å². The van der Waals surface area contributed by atoms with Gasteiger partial charge in [0.15, 0.2) is 0 Å². The van der Waals surface area contributed by atoms with Crippen molar-refractivity contribution in [2.75, 3.05) is 0 Å². The molecule has 1 aromatic heterocycles. The van der Waals surface area contributed by atoms with E-state index in [0.29, 0.717) is 0 Å². The van der Waals surface area contributed by atoms with Crippen LogP contribution < -0.4 is 5.73 Å². The van der Waals surface area contributed by atoms with Gasteiger partial charge in [0, 0.05) is 28.5 Å². The molecule has 1 atom stereocenters. The molecular formula is C15H15BrN2. The van der Waals surface area contributed by atoms with Gasteiger partial charge in [-0.25, -0.2) is 0 Å².